The molecule has 1 aliphatic rings. The van der Waals surface area contributed by atoms with Gasteiger partial charge in [0.2, 0.25) is 0 Å². The Bertz CT molecular complexity index is 327. The van der Waals surface area contributed by atoms with E-state index in [0.717, 1.165) is 37.1 Å². The number of nitrogens with zero attached hydrogens (tertiary/aromatic N) is 1. The molecule has 15 heavy (non-hydrogen) atoms. The fourth-order valence-corrected chi connectivity index (χ4v) is 2.29. The van der Waals surface area contributed by atoms with Gasteiger partial charge in [0.1, 0.15) is 5.75 Å². The van der Waals surface area contributed by atoms with Gasteiger partial charge in [0.15, 0.2) is 0 Å². The van der Waals surface area contributed by atoms with E-state index in [1.807, 2.05) is 12.1 Å². The highest BCUT2D eigenvalue weighted by molar-refractivity contribution is 5.30. The van der Waals surface area contributed by atoms with Gasteiger partial charge in [0, 0.05) is 12.1 Å². The second kappa shape index (κ2) is 4.62. The number of rotatable bonds is 2. The Morgan fingerprint density at radius 1 is 1.47 bits per heavy atom. The number of methoxy groups -OCH3 is 1. The number of pyridine rings is 1. The van der Waals surface area contributed by atoms with Gasteiger partial charge in [-0.1, -0.05) is 6.42 Å². The molecule has 1 fully saturated rings. The smallest absolute Gasteiger partial charge is 0.140 e. The summed E-state index contributed by atoms with van der Waals surface area (Å²) in [6.45, 7) is 0. The summed E-state index contributed by atoms with van der Waals surface area (Å²) in [7, 11) is 1.67. The molecule has 0 amide bonds. The first-order valence-corrected chi connectivity index (χ1v) is 5.48. The van der Waals surface area contributed by atoms with Gasteiger partial charge < -0.3 is 9.84 Å². The fraction of sp³-hybridized carbons (Fsp3) is 0.583. The van der Waals surface area contributed by atoms with E-state index in [2.05, 4.69) is 4.98 Å². The first kappa shape index (κ1) is 10.4. The first-order valence-electron chi connectivity index (χ1n) is 5.48. The van der Waals surface area contributed by atoms with Crippen molar-refractivity contribution in [3.8, 4) is 5.75 Å². The zero-order valence-corrected chi connectivity index (χ0v) is 9.02. The molecule has 2 atom stereocenters. The van der Waals surface area contributed by atoms with E-state index in [0.29, 0.717) is 5.92 Å². The van der Waals surface area contributed by atoms with E-state index < -0.39 is 0 Å². The van der Waals surface area contributed by atoms with Gasteiger partial charge in [0.25, 0.3) is 0 Å². The van der Waals surface area contributed by atoms with Crippen LogP contribution in [-0.4, -0.2) is 23.3 Å². The summed E-state index contributed by atoms with van der Waals surface area (Å²) >= 11 is 0. The number of aliphatic hydroxyl groups is 1. The van der Waals surface area contributed by atoms with Gasteiger partial charge >= 0.3 is 0 Å². The van der Waals surface area contributed by atoms with E-state index in [1.165, 1.54) is 0 Å². The fourth-order valence-electron chi connectivity index (χ4n) is 2.29. The molecule has 1 aromatic rings. The van der Waals surface area contributed by atoms with Crippen LogP contribution in [0.5, 0.6) is 5.75 Å². The lowest BCUT2D eigenvalue weighted by Crippen LogP contribution is -2.19. The minimum atomic E-state index is -0.171. The topological polar surface area (TPSA) is 42.4 Å². The average Bonchev–Trinajstić information content (AvgIpc) is 2.29. The van der Waals surface area contributed by atoms with Gasteiger partial charge in [-0.15, -0.1) is 0 Å². The molecule has 0 aliphatic heterocycles. The zero-order valence-electron chi connectivity index (χ0n) is 9.02. The van der Waals surface area contributed by atoms with Gasteiger partial charge in [0.05, 0.1) is 18.9 Å². The van der Waals surface area contributed by atoms with Crippen molar-refractivity contribution in [1.82, 2.24) is 4.98 Å². The summed E-state index contributed by atoms with van der Waals surface area (Å²) in [6.07, 6.45) is 5.53. The number of hydrogen-bond donors (Lipinski definition) is 1. The number of aromatic nitrogens is 1. The predicted molar refractivity (Wildman–Crippen MR) is 58.0 cm³/mol. The maximum atomic E-state index is 9.64. The van der Waals surface area contributed by atoms with E-state index in [1.54, 1.807) is 13.3 Å². The normalized spacial score (nSPS) is 26.3. The summed E-state index contributed by atoms with van der Waals surface area (Å²) in [5, 5.41) is 9.64. The highest BCUT2D eigenvalue weighted by atomic mass is 16.5. The van der Waals surface area contributed by atoms with Crippen LogP contribution in [0.4, 0.5) is 0 Å². The molecule has 1 aromatic heterocycles. The number of ether oxygens (including phenoxy) is 1. The molecule has 2 rings (SSSR count). The lowest BCUT2D eigenvalue weighted by Gasteiger charge is -2.26. The molecule has 1 aliphatic carbocycles. The Labute approximate surface area is 90.1 Å². The van der Waals surface area contributed by atoms with Crippen molar-refractivity contribution in [3.63, 3.8) is 0 Å². The van der Waals surface area contributed by atoms with E-state index >= 15 is 0 Å². The van der Waals surface area contributed by atoms with Crippen molar-refractivity contribution in [2.24, 2.45) is 0 Å². The molecule has 1 heterocycles. The Hall–Kier alpha value is -1.09. The van der Waals surface area contributed by atoms with Crippen LogP contribution in [0.2, 0.25) is 0 Å². The standard InChI is InChI=1S/C12H17NO2/c1-15-11-6-3-7-13-12(11)9-4-2-5-10(14)8-9/h3,6-7,9-10,14H,2,4-5,8H2,1H3. The molecular formula is C12H17NO2. The number of aliphatic hydroxyl groups excluding tert-OH is 1. The Morgan fingerprint density at radius 3 is 3.07 bits per heavy atom. The molecule has 1 N–H and O–H groups in total. The Kier molecular flexibility index (Phi) is 3.21. The molecule has 0 radical (unpaired) electrons. The van der Waals surface area contributed by atoms with Crippen molar-refractivity contribution >= 4 is 0 Å². The molecule has 0 saturated heterocycles. The second-order valence-electron chi connectivity index (χ2n) is 4.11. The third-order valence-electron chi connectivity index (χ3n) is 3.05. The lowest BCUT2D eigenvalue weighted by atomic mass is 9.84. The summed E-state index contributed by atoms with van der Waals surface area (Å²) < 4.78 is 5.29. The molecule has 82 valence electrons. The van der Waals surface area contributed by atoms with E-state index in [9.17, 15) is 5.11 Å². The van der Waals surface area contributed by atoms with E-state index in [4.69, 9.17) is 4.74 Å². The zero-order chi connectivity index (χ0) is 10.7. The third-order valence-corrected chi connectivity index (χ3v) is 3.05. The monoisotopic (exact) mass is 207 g/mol. The summed E-state index contributed by atoms with van der Waals surface area (Å²) in [6, 6.07) is 3.81. The highest BCUT2D eigenvalue weighted by Crippen LogP contribution is 2.35. The van der Waals surface area contributed by atoms with Gasteiger partial charge in [-0.05, 0) is 31.4 Å². The first-order chi connectivity index (χ1) is 7.31. The second-order valence-corrected chi connectivity index (χ2v) is 4.11. The van der Waals surface area contributed by atoms with Crippen molar-refractivity contribution in [1.29, 1.82) is 0 Å². The van der Waals surface area contributed by atoms with Crippen molar-refractivity contribution in [2.75, 3.05) is 7.11 Å². The minimum absolute atomic E-state index is 0.171. The summed E-state index contributed by atoms with van der Waals surface area (Å²) in [5.74, 6) is 1.20. The largest absolute Gasteiger partial charge is 0.495 e. The van der Waals surface area contributed by atoms with Crippen LogP contribution >= 0.6 is 0 Å². The molecule has 0 bridgehead atoms. The van der Waals surface area contributed by atoms with E-state index in [-0.39, 0.29) is 6.10 Å². The van der Waals surface area contributed by atoms with Crippen molar-refractivity contribution in [2.45, 2.75) is 37.7 Å². The number of hydrogen-bond acceptors (Lipinski definition) is 3. The third kappa shape index (κ3) is 2.29. The van der Waals surface area contributed by atoms with Crippen molar-refractivity contribution in [3.05, 3.63) is 24.0 Å². The van der Waals surface area contributed by atoms with Crippen LogP contribution in [0.1, 0.15) is 37.3 Å². The van der Waals surface area contributed by atoms with Gasteiger partial charge in [-0.3, -0.25) is 4.98 Å². The maximum absolute atomic E-state index is 9.64. The average molecular weight is 207 g/mol. The summed E-state index contributed by atoms with van der Waals surface area (Å²) in [5.41, 5.74) is 0.999. The molecule has 0 aromatic carbocycles. The Balaban J connectivity index is 2.20. The molecule has 2 unspecified atom stereocenters. The van der Waals surface area contributed by atoms with Crippen LogP contribution in [0.15, 0.2) is 18.3 Å². The summed E-state index contributed by atoms with van der Waals surface area (Å²) in [4.78, 5) is 4.37. The van der Waals surface area contributed by atoms with Crippen LogP contribution in [0.3, 0.4) is 0 Å². The maximum Gasteiger partial charge on any atom is 0.140 e. The van der Waals surface area contributed by atoms with Crippen LogP contribution in [-0.2, 0) is 0 Å². The van der Waals surface area contributed by atoms with Crippen LogP contribution < -0.4 is 4.74 Å². The van der Waals surface area contributed by atoms with Crippen LogP contribution in [0, 0.1) is 0 Å². The molecule has 1 saturated carbocycles. The molecule has 3 heteroatoms. The highest BCUT2D eigenvalue weighted by Gasteiger charge is 2.24. The van der Waals surface area contributed by atoms with Crippen LogP contribution in [0.25, 0.3) is 0 Å². The minimum Gasteiger partial charge on any atom is -0.495 e. The van der Waals surface area contributed by atoms with Gasteiger partial charge in [-0.25, -0.2) is 0 Å². The lowest BCUT2D eigenvalue weighted by molar-refractivity contribution is 0.118. The van der Waals surface area contributed by atoms with Crippen molar-refractivity contribution < 1.29 is 9.84 Å². The SMILES string of the molecule is COc1cccnc1C1CCCC(O)C1. The molecule has 3 nitrogen and oxygen atoms in total. The van der Waals surface area contributed by atoms with Gasteiger partial charge in [-0.2, -0.15) is 0 Å². The predicted octanol–water partition coefficient (Wildman–Crippen LogP) is 2.11. The Morgan fingerprint density at radius 2 is 2.33 bits per heavy atom. The molecule has 0 spiro atoms. The molecular weight excluding hydrogens is 190 g/mol. The quantitative estimate of drug-likeness (QED) is 0.807.